The monoisotopic (exact) mass is 400 g/mol. The van der Waals surface area contributed by atoms with Crippen LogP contribution in [0.1, 0.15) is 0 Å². The van der Waals surface area contributed by atoms with E-state index in [2.05, 4.69) is 5.32 Å². The van der Waals surface area contributed by atoms with Crippen molar-refractivity contribution in [3.05, 3.63) is 42.5 Å². The first-order chi connectivity index (χ1) is 14.1. The fourth-order valence-corrected chi connectivity index (χ4v) is 2.98. The van der Waals surface area contributed by atoms with Crippen molar-refractivity contribution in [3.8, 4) is 23.0 Å². The van der Waals surface area contributed by atoms with E-state index in [0.29, 0.717) is 28.7 Å². The van der Waals surface area contributed by atoms with Crippen LogP contribution in [0.2, 0.25) is 0 Å². The minimum absolute atomic E-state index is 0.0104. The van der Waals surface area contributed by atoms with Crippen molar-refractivity contribution < 1.29 is 33.6 Å². The summed E-state index contributed by atoms with van der Waals surface area (Å²) in [7, 11) is 0. The third-order valence-electron chi connectivity index (χ3n) is 4.43. The Morgan fingerprint density at radius 3 is 2.86 bits per heavy atom. The lowest BCUT2D eigenvalue weighted by molar-refractivity contribution is -0.125. The van der Waals surface area contributed by atoms with Gasteiger partial charge in [0.15, 0.2) is 18.1 Å². The largest absolute Gasteiger partial charge is 0.491 e. The van der Waals surface area contributed by atoms with Crippen molar-refractivity contribution in [3.63, 3.8) is 0 Å². The van der Waals surface area contributed by atoms with E-state index in [1.54, 1.807) is 42.5 Å². The molecule has 2 aromatic rings. The Hall–Kier alpha value is -3.46. The summed E-state index contributed by atoms with van der Waals surface area (Å²) in [4.78, 5) is 25.7. The Morgan fingerprint density at radius 2 is 1.97 bits per heavy atom. The van der Waals surface area contributed by atoms with Gasteiger partial charge in [-0.1, -0.05) is 12.1 Å². The van der Waals surface area contributed by atoms with E-state index in [4.69, 9.17) is 18.9 Å². The van der Waals surface area contributed by atoms with Gasteiger partial charge in [-0.2, -0.15) is 0 Å². The maximum absolute atomic E-state index is 12.2. The molecule has 1 atom stereocenters. The molecule has 0 spiro atoms. The number of rotatable bonds is 7. The number of nitrogens with one attached hydrogen (secondary N) is 1. The van der Waals surface area contributed by atoms with Gasteiger partial charge in [-0.15, -0.1) is 0 Å². The van der Waals surface area contributed by atoms with Crippen LogP contribution in [0.15, 0.2) is 42.5 Å². The molecule has 9 heteroatoms. The standard InChI is InChI=1S/C20H20N2O7/c23-13(10-26-14-5-6-17-18(7-14)29-12-28-17)8-21-19(24)9-22-15-3-1-2-4-16(15)27-11-20(22)25/h1-7,13,23H,8-12H2,(H,21,24). The summed E-state index contributed by atoms with van der Waals surface area (Å²) >= 11 is 0. The number of hydrogen-bond donors (Lipinski definition) is 2. The van der Waals surface area contributed by atoms with E-state index >= 15 is 0 Å². The van der Waals surface area contributed by atoms with Crippen LogP contribution in [0.25, 0.3) is 0 Å². The second-order valence-corrected chi connectivity index (χ2v) is 6.52. The normalized spacial score (nSPS) is 15.3. The van der Waals surface area contributed by atoms with E-state index in [1.807, 2.05) is 0 Å². The topological polar surface area (TPSA) is 107 Å². The molecule has 2 aliphatic rings. The van der Waals surface area contributed by atoms with Gasteiger partial charge < -0.3 is 29.4 Å². The molecule has 2 N–H and O–H groups in total. The Balaban J connectivity index is 1.25. The molecule has 0 saturated heterocycles. The van der Waals surface area contributed by atoms with Crippen LogP contribution in [0.5, 0.6) is 23.0 Å². The van der Waals surface area contributed by atoms with E-state index in [1.165, 1.54) is 4.90 Å². The third kappa shape index (κ3) is 4.35. The van der Waals surface area contributed by atoms with Crippen LogP contribution < -0.4 is 29.2 Å². The fraction of sp³-hybridized carbons (Fsp3) is 0.300. The first-order valence-corrected chi connectivity index (χ1v) is 9.09. The number of benzene rings is 2. The van der Waals surface area contributed by atoms with Gasteiger partial charge in [-0.25, -0.2) is 0 Å². The fourth-order valence-electron chi connectivity index (χ4n) is 2.98. The maximum atomic E-state index is 12.2. The minimum atomic E-state index is -0.919. The molecule has 2 amide bonds. The predicted octanol–water partition coefficient (Wildman–Crippen LogP) is 0.697. The molecule has 1 unspecified atom stereocenters. The SMILES string of the molecule is O=C(CN1C(=O)COc2ccccc21)NCC(O)COc1ccc2c(c1)OCO2. The van der Waals surface area contributed by atoms with Gasteiger partial charge in [0.25, 0.3) is 5.91 Å². The molecule has 152 valence electrons. The van der Waals surface area contributed by atoms with Crippen molar-refractivity contribution >= 4 is 17.5 Å². The third-order valence-corrected chi connectivity index (χ3v) is 4.43. The van der Waals surface area contributed by atoms with E-state index in [9.17, 15) is 14.7 Å². The second-order valence-electron chi connectivity index (χ2n) is 6.52. The highest BCUT2D eigenvalue weighted by molar-refractivity contribution is 6.02. The zero-order chi connectivity index (χ0) is 20.2. The minimum Gasteiger partial charge on any atom is -0.491 e. The maximum Gasteiger partial charge on any atom is 0.265 e. The molecule has 0 bridgehead atoms. The molecule has 0 fully saturated rings. The first kappa shape index (κ1) is 18.9. The van der Waals surface area contributed by atoms with Crippen molar-refractivity contribution in [2.45, 2.75) is 6.10 Å². The summed E-state index contributed by atoms with van der Waals surface area (Å²) in [5.41, 5.74) is 0.547. The van der Waals surface area contributed by atoms with Gasteiger partial charge in [-0.05, 0) is 24.3 Å². The van der Waals surface area contributed by atoms with E-state index < -0.39 is 12.0 Å². The molecule has 9 nitrogen and oxygen atoms in total. The lowest BCUT2D eigenvalue weighted by atomic mass is 10.2. The highest BCUT2D eigenvalue weighted by Gasteiger charge is 2.27. The molecule has 0 aromatic heterocycles. The van der Waals surface area contributed by atoms with Crippen molar-refractivity contribution in [2.75, 3.05) is 38.0 Å². The zero-order valence-electron chi connectivity index (χ0n) is 15.5. The van der Waals surface area contributed by atoms with Crippen LogP contribution in [0, 0.1) is 0 Å². The summed E-state index contributed by atoms with van der Waals surface area (Å²) in [6.45, 7) is -0.127. The van der Waals surface area contributed by atoms with Gasteiger partial charge in [0.1, 0.15) is 30.8 Å². The summed E-state index contributed by atoms with van der Waals surface area (Å²) < 4.78 is 21.4. The van der Waals surface area contributed by atoms with Crippen molar-refractivity contribution in [2.24, 2.45) is 0 Å². The van der Waals surface area contributed by atoms with Gasteiger partial charge in [0, 0.05) is 12.6 Å². The smallest absolute Gasteiger partial charge is 0.265 e. The number of carbonyl (C=O) groups is 2. The number of ether oxygens (including phenoxy) is 4. The summed E-state index contributed by atoms with van der Waals surface area (Å²) in [5, 5.41) is 12.7. The van der Waals surface area contributed by atoms with Crippen LogP contribution in [0.4, 0.5) is 5.69 Å². The Bertz CT molecular complexity index is 917. The number of aliphatic hydroxyl groups excluding tert-OH is 1. The van der Waals surface area contributed by atoms with Crippen LogP contribution in [0.3, 0.4) is 0 Å². The van der Waals surface area contributed by atoms with Gasteiger partial charge >= 0.3 is 0 Å². The molecule has 0 saturated carbocycles. The number of anilines is 1. The summed E-state index contributed by atoms with van der Waals surface area (Å²) in [5.74, 6) is 1.61. The predicted molar refractivity (Wildman–Crippen MR) is 101 cm³/mol. The summed E-state index contributed by atoms with van der Waals surface area (Å²) in [6, 6.07) is 12.1. The highest BCUT2D eigenvalue weighted by atomic mass is 16.7. The zero-order valence-corrected chi connectivity index (χ0v) is 15.5. The molecule has 2 heterocycles. The first-order valence-electron chi connectivity index (χ1n) is 9.09. The second kappa shape index (κ2) is 8.27. The lowest BCUT2D eigenvalue weighted by Crippen LogP contribution is -2.46. The quantitative estimate of drug-likeness (QED) is 0.705. The molecule has 4 rings (SSSR count). The van der Waals surface area contributed by atoms with Crippen molar-refractivity contribution in [1.29, 1.82) is 0 Å². The van der Waals surface area contributed by atoms with Crippen LogP contribution in [-0.4, -0.2) is 56.1 Å². The summed E-state index contributed by atoms with van der Waals surface area (Å²) in [6.07, 6.45) is -0.919. The number of hydrogen-bond acceptors (Lipinski definition) is 7. The number of para-hydroxylation sites is 2. The molecular formula is C20H20N2O7. The number of carbonyl (C=O) groups excluding carboxylic acids is 2. The Kier molecular flexibility index (Phi) is 5.39. The van der Waals surface area contributed by atoms with E-state index in [-0.39, 0.29) is 39.0 Å². The van der Waals surface area contributed by atoms with E-state index in [0.717, 1.165) is 0 Å². The average molecular weight is 400 g/mol. The molecule has 0 aliphatic carbocycles. The number of nitrogens with zero attached hydrogens (tertiary/aromatic N) is 1. The Morgan fingerprint density at radius 1 is 1.14 bits per heavy atom. The van der Waals surface area contributed by atoms with Crippen molar-refractivity contribution in [1.82, 2.24) is 5.32 Å². The molecular weight excluding hydrogens is 380 g/mol. The number of fused-ring (bicyclic) bond motifs is 2. The molecule has 0 radical (unpaired) electrons. The van der Waals surface area contributed by atoms with Crippen LogP contribution in [-0.2, 0) is 9.59 Å². The molecule has 29 heavy (non-hydrogen) atoms. The number of aliphatic hydroxyl groups is 1. The Labute approximate surface area is 166 Å². The van der Waals surface area contributed by atoms with Gasteiger partial charge in [0.2, 0.25) is 12.7 Å². The highest BCUT2D eigenvalue weighted by Crippen LogP contribution is 2.35. The number of amides is 2. The van der Waals surface area contributed by atoms with Gasteiger partial charge in [-0.3, -0.25) is 14.5 Å². The lowest BCUT2D eigenvalue weighted by Gasteiger charge is -2.28. The molecule has 2 aliphatic heterocycles. The van der Waals surface area contributed by atoms with Gasteiger partial charge in [0.05, 0.1) is 5.69 Å². The average Bonchev–Trinajstić information content (AvgIpc) is 3.20. The molecule has 2 aromatic carbocycles. The van der Waals surface area contributed by atoms with Crippen LogP contribution >= 0.6 is 0 Å².